The van der Waals surface area contributed by atoms with Gasteiger partial charge < -0.3 is 15.5 Å². The highest BCUT2D eigenvalue weighted by Crippen LogP contribution is 2.35. The smallest absolute Gasteiger partial charge is 0.147 e. The van der Waals surface area contributed by atoms with E-state index in [9.17, 15) is 5.26 Å². The number of rotatable bonds is 5. The van der Waals surface area contributed by atoms with Crippen molar-refractivity contribution in [3.8, 4) is 6.07 Å². The van der Waals surface area contributed by atoms with E-state index >= 15 is 0 Å². The highest BCUT2D eigenvalue weighted by molar-refractivity contribution is 5.97. The Morgan fingerprint density at radius 3 is 2.58 bits per heavy atom. The Labute approximate surface area is 184 Å². The maximum absolute atomic E-state index is 10.1. The van der Waals surface area contributed by atoms with Crippen LogP contribution < -0.4 is 15.5 Å². The molecule has 0 radical (unpaired) electrons. The van der Waals surface area contributed by atoms with Crippen LogP contribution in [-0.2, 0) is 6.54 Å². The summed E-state index contributed by atoms with van der Waals surface area (Å²) in [6.45, 7) is 9.04. The van der Waals surface area contributed by atoms with Crippen molar-refractivity contribution in [3.05, 3.63) is 59.9 Å². The summed E-state index contributed by atoms with van der Waals surface area (Å²) in [7, 11) is 0. The van der Waals surface area contributed by atoms with Crippen LogP contribution in [0.1, 0.15) is 44.7 Å². The summed E-state index contributed by atoms with van der Waals surface area (Å²) in [6.07, 6.45) is 5.69. The van der Waals surface area contributed by atoms with Gasteiger partial charge in [-0.1, -0.05) is 24.3 Å². The summed E-state index contributed by atoms with van der Waals surface area (Å²) in [5.41, 5.74) is 3.68. The molecule has 1 aromatic carbocycles. The summed E-state index contributed by atoms with van der Waals surface area (Å²) in [6, 6.07) is 15.0. The number of hydrogen-bond donors (Lipinski definition) is 2. The van der Waals surface area contributed by atoms with E-state index in [0.717, 1.165) is 48.1 Å². The first kappa shape index (κ1) is 21.1. The molecule has 0 unspecified atom stereocenters. The number of hydrogen-bond acceptors (Lipinski definition) is 6. The molecule has 0 aliphatic carbocycles. The number of aromatic nitrogens is 2. The average Bonchev–Trinajstić information content (AvgIpc) is 2.77. The van der Waals surface area contributed by atoms with Crippen molar-refractivity contribution >= 4 is 22.4 Å². The first-order valence-electron chi connectivity index (χ1n) is 10.9. The second-order valence-electron chi connectivity index (χ2n) is 9.18. The van der Waals surface area contributed by atoms with Crippen molar-refractivity contribution in [3.63, 3.8) is 0 Å². The highest BCUT2D eigenvalue weighted by Gasteiger charge is 2.26. The van der Waals surface area contributed by atoms with Crippen LogP contribution in [0.2, 0.25) is 0 Å². The number of para-hydroxylation sites is 1. The molecule has 6 heteroatoms. The lowest BCUT2D eigenvalue weighted by Gasteiger charge is -2.38. The molecule has 1 saturated heterocycles. The molecular weight excluding hydrogens is 384 g/mol. The molecule has 3 aromatic rings. The third kappa shape index (κ3) is 4.95. The van der Waals surface area contributed by atoms with Gasteiger partial charge in [0.25, 0.3) is 0 Å². The van der Waals surface area contributed by atoms with Crippen molar-refractivity contribution in [1.82, 2.24) is 15.3 Å². The number of anilines is 2. The molecule has 160 valence electrons. The molecule has 3 heterocycles. The Bertz CT molecular complexity index is 1070. The number of pyridine rings is 2. The van der Waals surface area contributed by atoms with E-state index in [-0.39, 0.29) is 5.54 Å². The number of nitrogens with zero attached hydrogens (tertiary/aromatic N) is 4. The van der Waals surface area contributed by atoms with E-state index in [0.29, 0.717) is 24.0 Å². The molecule has 0 bridgehead atoms. The van der Waals surface area contributed by atoms with Crippen molar-refractivity contribution in [1.29, 1.82) is 5.26 Å². The van der Waals surface area contributed by atoms with Gasteiger partial charge in [-0.15, -0.1) is 0 Å². The first-order chi connectivity index (χ1) is 14.9. The van der Waals surface area contributed by atoms with Crippen molar-refractivity contribution < 1.29 is 0 Å². The van der Waals surface area contributed by atoms with Gasteiger partial charge >= 0.3 is 0 Å². The van der Waals surface area contributed by atoms with Gasteiger partial charge in [0.1, 0.15) is 17.5 Å². The van der Waals surface area contributed by atoms with Gasteiger partial charge in [-0.2, -0.15) is 5.26 Å². The van der Waals surface area contributed by atoms with E-state index < -0.39 is 0 Å². The predicted molar refractivity (Wildman–Crippen MR) is 126 cm³/mol. The third-order valence-electron chi connectivity index (χ3n) is 5.61. The van der Waals surface area contributed by atoms with Crippen molar-refractivity contribution in [2.75, 3.05) is 23.3 Å². The molecule has 1 aliphatic heterocycles. The van der Waals surface area contributed by atoms with Crippen LogP contribution in [0.25, 0.3) is 10.9 Å². The van der Waals surface area contributed by atoms with Gasteiger partial charge in [0.2, 0.25) is 0 Å². The lowest BCUT2D eigenvalue weighted by atomic mass is 9.98. The SMILES string of the molecule is CC(C)(C)NC1CCN(c2c(C#N)c(NCc3cccnc3)nc3ccccc23)CC1. The zero-order chi connectivity index (χ0) is 21.8. The quantitative estimate of drug-likeness (QED) is 0.641. The van der Waals surface area contributed by atoms with Crippen LogP contribution in [-0.4, -0.2) is 34.6 Å². The monoisotopic (exact) mass is 414 g/mol. The second-order valence-corrected chi connectivity index (χ2v) is 9.18. The van der Waals surface area contributed by atoms with Crippen LogP contribution in [0.3, 0.4) is 0 Å². The molecule has 0 saturated carbocycles. The van der Waals surface area contributed by atoms with Crippen LogP contribution in [0.4, 0.5) is 11.5 Å². The van der Waals surface area contributed by atoms with Gasteiger partial charge in [-0.3, -0.25) is 4.98 Å². The van der Waals surface area contributed by atoms with Gasteiger partial charge in [0.05, 0.1) is 11.2 Å². The average molecular weight is 415 g/mol. The molecule has 2 aromatic heterocycles. The van der Waals surface area contributed by atoms with Gasteiger partial charge in [0.15, 0.2) is 0 Å². The molecule has 6 nitrogen and oxygen atoms in total. The Hall–Kier alpha value is -3.17. The van der Waals surface area contributed by atoms with Crippen LogP contribution in [0, 0.1) is 11.3 Å². The highest BCUT2D eigenvalue weighted by atomic mass is 15.2. The molecular formula is C25H30N6. The lowest BCUT2D eigenvalue weighted by molar-refractivity contribution is 0.317. The molecule has 31 heavy (non-hydrogen) atoms. The maximum atomic E-state index is 10.1. The van der Waals surface area contributed by atoms with Gasteiger partial charge in [-0.25, -0.2) is 4.98 Å². The second kappa shape index (κ2) is 8.91. The fourth-order valence-corrected chi connectivity index (χ4v) is 4.31. The molecule has 0 atom stereocenters. The number of benzene rings is 1. The molecule has 4 rings (SSSR count). The predicted octanol–water partition coefficient (Wildman–Crippen LogP) is 4.47. The minimum atomic E-state index is 0.109. The summed E-state index contributed by atoms with van der Waals surface area (Å²) in [5, 5.41) is 18.2. The van der Waals surface area contributed by atoms with Crippen LogP contribution in [0.5, 0.6) is 0 Å². The standard InChI is InChI=1S/C25H30N6/c1-25(2,3)30-19-10-13-31(14-11-19)23-20-8-4-5-9-22(20)29-24(21(23)15-26)28-17-18-7-6-12-27-16-18/h4-9,12,16,19,30H,10-11,13-14,17H2,1-3H3,(H,28,29). The summed E-state index contributed by atoms with van der Waals surface area (Å²) < 4.78 is 0. The molecule has 2 N–H and O–H groups in total. The first-order valence-corrected chi connectivity index (χ1v) is 10.9. The number of nitriles is 1. The normalized spacial score (nSPS) is 15.1. The summed E-state index contributed by atoms with van der Waals surface area (Å²) >= 11 is 0. The molecule has 1 aliphatic rings. The lowest BCUT2D eigenvalue weighted by Crippen LogP contribution is -2.49. The maximum Gasteiger partial charge on any atom is 0.147 e. The fourth-order valence-electron chi connectivity index (χ4n) is 4.31. The molecule has 0 amide bonds. The molecule has 1 fully saturated rings. The van der Waals surface area contributed by atoms with Crippen LogP contribution >= 0.6 is 0 Å². The zero-order valence-corrected chi connectivity index (χ0v) is 18.5. The largest absolute Gasteiger partial charge is 0.370 e. The van der Waals surface area contributed by atoms with E-state index in [1.807, 2.05) is 36.5 Å². The number of piperidine rings is 1. The number of nitrogens with one attached hydrogen (secondary N) is 2. The Morgan fingerprint density at radius 2 is 1.90 bits per heavy atom. The Kier molecular flexibility index (Phi) is 6.06. The Morgan fingerprint density at radius 1 is 1.13 bits per heavy atom. The molecule has 0 spiro atoms. The summed E-state index contributed by atoms with van der Waals surface area (Å²) in [4.78, 5) is 11.3. The van der Waals surface area contributed by atoms with Gasteiger partial charge in [-0.05, 0) is 51.3 Å². The van der Waals surface area contributed by atoms with Crippen molar-refractivity contribution in [2.45, 2.75) is 51.7 Å². The van der Waals surface area contributed by atoms with E-state index in [4.69, 9.17) is 4.98 Å². The minimum absolute atomic E-state index is 0.109. The zero-order valence-electron chi connectivity index (χ0n) is 18.5. The summed E-state index contributed by atoms with van der Waals surface area (Å²) in [5.74, 6) is 0.634. The van der Waals surface area contributed by atoms with Gasteiger partial charge in [0, 0.05) is 49.0 Å². The minimum Gasteiger partial charge on any atom is -0.370 e. The topological polar surface area (TPSA) is 76.9 Å². The Balaban J connectivity index is 1.65. The van der Waals surface area contributed by atoms with E-state index in [1.165, 1.54) is 0 Å². The fraction of sp³-hybridized carbons (Fsp3) is 0.400. The van der Waals surface area contributed by atoms with E-state index in [2.05, 4.69) is 53.4 Å². The van der Waals surface area contributed by atoms with E-state index in [1.54, 1.807) is 6.20 Å². The van der Waals surface area contributed by atoms with Crippen LogP contribution in [0.15, 0.2) is 48.8 Å². The third-order valence-corrected chi connectivity index (χ3v) is 5.61. The van der Waals surface area contributed by atoms with Crippen molar-refractivity contribution in [2.24, 2.45) is 0 Å². The number of fused-ring (bicyclic) bond motifs is 1.